The molecule has 2 aromatic rings. The van der Waals surface area contributed by atoms with Crippen LogP contribution in [-0.4, -0.2) is 0 Å². The molecule has 0 aliphatic heterocycles. The van der Waals surface area contributed by atoms with E-state index in [1.165, 1.54) is 0 Å². The molecule has 0 heterocycles. The van der Waals surface area contributed by atoms with Crippen molar-refractivity contribution in [3.63, 3.8) is 0 Å². The zero-order chi connectivity index (χ0) is 14.0. The molecule has 0 spiro atoms. The molecule has 0 aliphatic carbocycles. The van der Waals surface area contributed by atoms with Crippen molar-refractivity contribution in [1.29, 1.82) is 0 Å². The van der Waals surface area contributed by atoms with Crippen LogP contribution in [0.25, 0.3) is 0 Å². The lowest BCUT2D eigenvalue weighted by atomic mass is 9.94. The molecule has 0 amide bonds. The summed E-state index contributed by atoms with van der Waals surface area (Å²) in [5.41, 5.74) is 6.10. The van der Waals surface area contributed by atoms with E-state index in [9.17, 15) is 4.39 Å². The van der Waals surface area contributed by atoms with Crippen molar-refractivity contribution in [1.82, 2.24) is 5.43 Å². The average molecular weight is 370 g/mol. The van der Waals surface area contributed by atoms with Crippen LogP contribution in [0.4, 0.5) is 4.39 Å². The van der Waals surface area contributed by atoms with Gasteiger partial charge in [0.25, 0.3) is 0 Å². The standard InChI is InChI=1S/C15H16FIN2/c1-9-6-10(2)14(13(16)7-9)15(19-18)11-4-3-5-12(17)8-11/h3-8,15,19H,18H2,1-2H3. The molecule has 0 bridgehead atoms. The van der Waals surface area contributed by atoms with E-state index in [0.717, 1.165) is 20.3 Å². The molecule has 1 unspecified atom stereocenters. The SMILES string of the molecule is Cc1cc(C)c(C(NN)c2cccc(I)c2)c(F)c1. The van der Waals surface area contributed by atoms with Gasteiger partial charge in [-0.05, 0) is 71.3 Å². The van der Waals surface area contributed by atoms with Crippen molar-refractivity contribution in [3.8, 4) is 0 Å². The van der Waals surface area contributed by atoms with Gasteiger partial charge in [0.1, 0.15) is 5.82 Å². The monoisotopic (exact) mass is 370 g/mol. The van der Waals surface area contributed by atoms with E-state index in [-0.39, 0.29) is 11.9 Å². The fourth-order valence-electron chi connectivity index (χ4n) is 2.32. The highest BCUT2D eigenvalue weighted by molar-refractivity contribution is 14.1. The molecule has 1 atom stereocenters. The van der Waals surface area contributed by atoms with Crippen molar-refractivity contribution < 1.29 is 4.39 Å². The molecule has 3 N–H and O–H groups in total. The minimum atomic E-state index is -0.338. The topological polar surface area (TPSA) is 38.0 Å². The van der Waals surface area contributed by atoms with Crippen molar-refractivity contribution in [2.45, 2.75) is 19.9 Å². The Labute approximate surface area is 126 Å². The molecule has 2 aromatic carbocycles. The van der Waals surface area contributed by atoms with E-state index in [0.29, 0.717) is 5.56 Å². The third-order valence-corrected chi connectivity index (χ3v) is 3.79. The van der Waals surface area contributed by atoms with E-state index >= 15 is 0 Å². The summed E-state index contributed by atoms with van der Waals surface area (Å²) in [5, 5.41) is 0. The van der Waals surface area contributed by atoms with E-state index in [1.807, 2.05) is 44.2 Å². The number of nitrogens with one attached hydrogen (secondary N) is 1. The highest BCUT2D eigenvalue weighted by atomic mass is 127. The second-order valence-electron chi connectivity index (χ2n) is 4.63. The summed E-state index contributed by atoms with van der Waals surface area (Å²) in [6, 6.07) is 11.1. The Morgan fingerprint density at radius 3 is 2.53 bits per heavy atom. The van der Waals surface area contributed by atoms with Gasteiger partial charge in [-0.25, -0.2) is 9.82 Å². The number of benzene rings is 2. The molecule has 4 heteroatoms. The van der Waals surface area contributed by atoms with Crippen molar-refractivity contribution in [2.75, 3.05) is 0 Å². The number of nitrogens with two attached hydrogens (primary N) is 1. The van der Waals surface area contributed by atoms with Crippen LogP contribution in [0.1, 0.15) is 28.3 Å². The predicted molar refractivity (Wildman–Crippen MR) is 84.2 cm³/mol. The van der Waals surface area contributed by atoms with Gasteiger partial charge in [0.2, 0.25) is 0 Å². The van der Waals surface area contributed by atoms with Gasteiger partial charge in [0.05, 0.1) is 6.04 Å². The Morgan fingerprint density at radius 1 is 1.21 bits per heavy atom. The minimum absolute atomic E-state index is 0.223. The third kappa shape index (κ3) is 3.13. The lowest BCUT2D eigenvalue weighted by Crippen LogP contribution is -2.30. The first-order chi connectivity index (χ1) is 9.02. The van der Waals surface area contributed by atoms with Gasteiger partial charge in [0, 0.05) is 9.13 Å². The smallest absolute Gasteiger partial charge is 0.128 e. The second-order valence-corrected chi connectivity index (χ2v) is 5.88. The fraction of sp³-hybridized carbons (Fsp3) is 0.200. The summed E-state index contributed by atoms with van der Waals surface area (Å²) in [4.78, 5) is 0. The van der Waals surface area contributed by atoms with Gasteiger partial charge in [-0.3, -0.25) is 5.84 Å². The predicted octanol–water partition coefficient (Wildman–Crippen LogP) is 3.60. The lowest BCUT2D eigenvalue weighted by molar-refractivity contribution is 0.556. The molecule has 2 rings (SSSR count). The van der Waals surface area contributed by atoms with Crippen molar-refractivity contribution in [3.05, 3.63) is 68.0 Å². The maximum absolute atomic E-state index is 14.2. The van der Waals surface area contributed by atoms with Gasteiger partial charge in [-0.15, -0.1) is 0 Å². The Hall–Kier alpha value is -0.980. The van der Waals surface area contributed by atoms with Crippen LogP contribution in [0, 0.1) is 23.2 Å². The van der Waals surface area contributed by atoms with Crippen LogP contribution >= 0.6 is 22.6 Å². The minimum Gasteiger partial charge on any atom is -0.271 e. The van der Waals surface area contributed by atoms with Crippen molar-refractivity contribution in [2.24, 2.45) is 5.84 Å². The summed E-state index contributed by atoms with van der Waals surface area (Å²) in [6.07, 6.45) is 0. The molecule has 0 fully saturated rings. The Bertz CT molecular complexity index is 575. The molecule has 0 aromatic heterocycles. The molecule has 19 heavy (non-hydrogen) atoms. The van der Waals surface area contributed by atoms with Crippen LogP contribution in [0.15, 0.2) is 36.4 Å². The fourth-order valence-corrected chi connectivity index (χ4v) is 2.89. The van der Waals surface area contributed by atoms with Crippen LogP contribution in [0.2, 0.25) is 0 Å². The summed E-state index contributed by atoms with van der Waals surface area (Å²) in [7, 11) is 0. The highest BCUT2D eigenvalue weighted by Crippen LogP contribution is 2.28. The largest absolute Gasteiger partial charge is 0.271 e. The number of rotatable bonds is 3. The van der Waals surface area contributed by atoms with Gasteiger partial charge in [0.15, 0.2) is 0 Å². The number of hydrazine groups is 1. The molecule has 0 saturated carbocycles. The average Bonchev–Trinajstić information content (AvgIpc) is 2.33. The molecular weight excluding hydrogens is 354 g/mol. The molecule has 2 nitrogen and oxygen atoms in total. The quantitative estimate of drug-likeness (QED) is 0.492. The van der Waals surface area contributed by atoms with Gasteiger partial charge >= 0.3 is 0 Å². The molecule has 0 radical (unpaired) electrons. The van der Waals surface area contributed by atoms with Crippen LogP contribution in [-0.2, 0) is 0 Å². The summed E-state index contributed by atoms with van der Waals surface area (Å²) in [5.74, 6) is 5.42. The Morgan fingerprint density at radius 2 is 1.95 bits per heavy atom. The van der Waals surface area contributed by atoms with Crippen LogP contribution in [0.3, 0.4) is 0 Å². The lowest BCUT2D eigenvalue weighted by Gasteiger charge is -2.20. The number of halogens is 2. The number of aryl methyl sites for hydroxylation is 2. The molecule has 0 aliphatic rings. The zero-order valence-electron chi connectivity index (χ0n) is 10.9. The molecule has 0 saturated heterocycles. The summed E-state index contributed by atoms with van der Waals surface area (Å²) < 4.78 is 15.3. The molecular formula is C15H16FIN2. The van der Waals surface area contributed by atoms with E-state index in [2.05, 4.69) is 28.0 Å². The number of hydrogen-bond donors (Lipinski definition) is 2. The van der Waals surface area contributed by atoms with Crippen LogP contribution in [0.5, 0.6) is 0 Å². The first kappa shape index (κ1) is 14.4. The van der Waals surface area contributed by atoms with Crippen LogP contribution < -0.4 is 11.3 Å². The maximum Gasteiger partial charge on any atom is 0.128 e. The third-order valence-electron chi connectivity index (χ3n) is 3.12. The summed E-state index contributed by atoms with van der Waals surface area (Å²) >= 11 is 2.23. The molecule has 100 valence electrons. The van der Waals surface area contributed by atoms with Gasteiger partial charge in [-0.1, -0.05) is 18.2 Å². The zero-order valence-corrected chi connectivity index (χ0v) is 13.0. The van der Waals surface area contributed by atoms with Crippen molar-refractivity contribution >= 4 is 22.6 Å². The second kappa shape index (κ2) is 5.98. The first-order valence-electron chi connectivity index (χ1n) is 6.01. The van der Waals surface area contributed by atoms with E-state index < -0.39 is 0 Å². The van der Waals surface area contributed by atoms with E-state index in [1.54, 1.807) is 6.07 Å². The Balaban J connectivity index is 2.54. The maximum atomic E-state index is 14.2. The highest BCUT2D eigenvalue weighted by Gasteiger charge is 2.19. The first-order valence-corrected chi connectivity index (χ1v) is 7.09. The van der Waals surface area contributed by atoms with E-state index in [4.69, 9.17) is 5.84 Å². The summed E-state index contributed by atoms with van der Waals surface area (Å²) in [6.45, 7) is 3.79. The normalized spacial score (nSPS) is 12.5. The van der Waals surface area contributed by atoms with Gasteiger partial charge in [-0.2, -0.15) is 0 Å². The Kier molecular flexibility index (Phi) is 4.54. The van der Waals surface area contributed by atoms with Gasteiger partial charge < -0.3 is 0 Å². The number of hydrogen-bond acceptors (Lipinski definition) is 2.